The third kappa shape index (κ3) is 3.26. The molecule has 1 aliphatic rings. The SMILES string of the molecule is COc1ccc(CCN2CCCC2c2c(C)nn(C)c2OC)cc1. The second-order valence-corrected chi connectivity index (χ2v) is 6.42. The Morgan fingerprint density at radius 3 is 2.58 bits per heavy atom. The fourth-order valence-electron chi connectivity index (χ4n) is 3.76. The van der Waals surface area contributed by atoms with Gasteiger partial charge in [-0.1, -0.05) is 12.1 Å². The summed E-state index contributed by atoms with van der Waals surface area (Å²) in [6.07, 6.45) is 3.44. The van der Waals surface area contributed by atoms with Crippen LogP contribution in [0.5, 0.6) is 11.6 Å². The van der Waals surface area contributed by atoms with Crippen molar-refractivity contribution in [3.05, 3.63) is 41.1 Å². The van der Waals surface area contributed by atoms with E-state index in [1.165, 1.54) is 24.0 Å². The number of likely N-dealkylation sites (tertiary alicyclic amines) is 1. The topological polar surface area (TPSA) is 39.5 Å². The van der Waals surface area contributed by atoms with Gasteiger partial charge in [-0.3, -0.25) is 4.90 Å². The lowest BCUT2D eigenvalue weighted by atomic mass is 10.0. The van der Waals surface area contributed by atoms with Crippen molar-refractivity contribution in [1.29, 1.82) is 0 Å². The van der Waals surface area contributed by atoms with Crippen molar-refractivity contribution in [3.63, 3.8) is 0 Å². The first kappa shape index (κ1) is 16.8. The van der Waals surface area contributed by atoms with Crippen molar-refractivity contribution < 1.29 is 9.47 Å². The van der Waals surface area contributed by atoms with E-state index in [1.54, 1.807) is 14.2 Å². The summed E-state index contributed by atoms with van der Waals surface area (Å²) in [7, 11) is 5.38. The molecule has 5 heteroatoms. The minimum absolute atomic E-state index is 0.409. The fraction of sp³-hybridized carbons (Fsp3) is 0.526. The second kappa shape index (κ2) is 7.26. The van der Waals surface area contributed by atoms with Gasteiger partial charge in [0.05, 0.1) is 25.5 Å². The maximum absolute atomic E-state index is 5.61. The highest BCUT2D eigenvalue weighted by Crippen LogP contribution is 2.38. The van der Waals surface area contributed by atoms with Crippen molar-refractivity contribution in [1.82, 2.24) is 14.7 Å². The van der Waals surface area contributed by atoms with E-state index < -0.39 is 0 Å². The van der Waals surface area contributed by atoms with Crippen LogP contribution in [0, 0.1) is 6.92 Å². The quantitative estimate of drug-likeness (QED) is 0.816. The minimum Gasteiger partial charge on any atom is -0.497 e. The van der Waals surface area contributed by atoms with Crippen LogP contribution in [0.25, 0.3) is 0 Å². The van der Waals surface area contributed by atoms with Gasteiger partial charge in [-0.25, -0.2) is 4.68 Å². The van der Waals surface area contributed by atoms with E-state index >= 15 is 0 Å². The fourth-order valence-corrected chi connectivity index (χ4v) is 3.76. The highest BCUT2D eigenvalue weighted by atomic mass is 16.5. The van der Waals surface area contributed by atoms with Crippen LogP contribution in [0.4, 0.5) is 0 Å². The van der Waals surface area contributed by atoms with Crippen LogP contribution in [-0.4, -0.2) is 42.0 Å². The molecule has 0 aliphatic carbocycles. The average Bonchev–Trinajstić information content (AvgIpc) is 3.16. The van der Waals surface area contributed by atoms with Crippen LogP contribution >= 0.6 is 0 Å². The lowest BCUT2D eigenvalue weighted by Crippen LogP contribution is -2.26. The second-order valence-electron chi connectivity index (χ2n) is 6.42. The van der Waals surface area contributed by atoms with E-state index in [2.05, 4.69) is 29.1 Å². The summed E-state index contributed by atoms with van der Waals surface area (Å²) in [4.78, 5) is 2.57. The Morgan fingerprint density at radius 2 is 1.92 bits per heavy atom. The zero-order chi connectivity index (χ0) is 17.1. The van der Waals surface area contributed by atoms with Crippen LogP contribution in [0.1, 0.15) is 35.7 Å². The van der Waals surface area contributed by atoms with Crippen LogP contribution in [0.15, 0.2) is 24.3 Å². The molecule has 3 rings (SSSR count). The normalized spacial score (nSPS) is 18.1. The van der Waals surface area contributed by atoms with Crippen molar-refractivity contribution in [2.45, 2.75) is 32.2 Å². The number of hydrogen-bond donors (Lipinski definition) is 0. The molecule has 0 saturated carbocycles. The summed E-state index contributed by atoms with van der Waals surface area (Å²) < 4.78 is 12.7. The van der Waals surface area contributed by atoms with Gasteiger partial charge in [0.25, 0.3) is 0 Å². The van der Waals surface area contributed by atoms with Gasteiger partial charge in [-0.15, -0.1) is 0 Å². The van der Waals surface area contributed by atoms with Crippen molar-refractivity contribution >= 4 is 0 Å². The van der Waals surface area contributed by atoms with Gasteiger partial charge in [-0.2, -0.15) is 5.10 Å². The molecule has 1 aliphatic heterocycles. The van der Waals surface area contributed by atoms with E-state index in [1.807, 2.05) is 23.9 Å². The highest BCUT2D eigenvalue weighted by Gasteiger charge is 2.31. The number of benzene rings is 1. The van der Waals surface area contributed by atoms with E-state index in [9.17, 15) is 0 Å². The molecule has 1 fully saturated rings. The van der Waals surface area contributed by atoms with Crippen molar-refractivity contribution in [3.8, 4) is 11.6 Å². The van der Waals surface area contributed by atoms with Crippen LogP contribution in [0.2, 0.25) is 0 Å². The van der Waals surface area contributed by atoms with E-state index in [4.69, 9.17) is 9.47 Å². The van der Waals surface area contributed by atoms with E-state index in [0.717, 1.165) is 36.8 Å². The molecule has 0 spiro atoms. The molecule has 24 heavy (non-hydrogen) atoms. The number of methoxy groups -OCH3 is 2. The first-order valence-corrected chi connectivity index (χ1v) is 8.58. The Balaban J connectivity index is 1.71. The molecule has 1 unspecified atom stereocenters. The smallest absolute Gasteiger partial charge is 0.216 e. The molecule has 1 atom stereocenters. The first-order valence-electron chi connectivity index (χ1n) is 8.58. The number of aromatic nitrogens is 2. The Kier molecular flexibility index (Phi) is 5.09. The molecule has 1 aromatic heterocycles. The number of ether oxygens (including phenoxy) is 2. The third-order valence-electron chi connectivity index (χ3n) is 4.95. The predicted octanol–water partition coefficient (Wildman–Crippen LogP) is 3.13. The maximum atomic E-state index is 5.61. The van der Waals surface area contributed by atoms with Gasteiger partial charge in [0.15, 0.2) is 0 Å². The molecule has 2 heterocycles. The van der Waals surface area contributed by atoms with E-state index in [0.29, 0.717) is 6.04 Å². The Bertz CT molecular complexity index is 679. The summed E-state index contributed by atoms with van der Waals surface area (Å²) >= 11 is 0. The largest absolute Gasteiger partial charge is 0.497 e. The van der Waals surface area contributed by atoms with Gasteiger partial charge in [0, 0.05) is 19.6 Å². The van der Waals surface area contributed by atoms with Crippen LogP contribution in [0.3, 0.4) is 0 Å². The molecular formula is C19H27N3O2. The average molecular weight is 329 g/mol. The highest BCUT2D eigenvalue weighted by molar-refractivity contribution is 5.35. The predicted molar refractivity (Wildman–Crippen MR) is 94.7 cm³/mol. The number of aryl methyl sites for hydroxylation is 2. The van der Waals surface area contributed by atoms with Gasteiger partial charge < -0.3 is 9.47 Å². The summed E-state index contributed by atoms with van der Waals surface area (Å²) in [5.41, 5.74) is 3.68. The van der Waals surface area contributed by atoms with Crippen LogP contribution in [-0.2, 0) is 13.5 Å². The Morgan fingerprint density at radius 1 is 1.17 bits per heavy atom. The van der Waals surface area contributed by atoms with Gasteiger partial charge in [0.1, 0.15) is 5.75 Å². The number of nitrogens with zero attached hydrogens (tertiary/aromatic N) is 3. The molecule has 5 nitrogen and oxygen atoms in total. The van der Waals surface area contributed by atoms with Crippen molar-refractivity contribution in [2.24, 2.45) is 7.05 Å². The van der Waals surface area contributed by atoms with Crippen molar-refractivity contribution in [2.75, 3.05) is 27.3 Å². The summed E-state index contributed by atoms with van der Waals surface area (Å²) in [6, 6.07) is 8.78. The molecule has 2 aromatic rings. The lowest BCUT2D eigenvalue weighted by molar-refractivity contribution is 0.252. The molecular weight excluding hydrogens is 302 g/mol. The zero-order valence-corrected chi connectivity index (χ0v) is 15.1. The molecule has 0 bridgehead atoms. The standard InChI is InChI=1S/C19H27N3O2/c1-14-18(19(24-4)21(2)20-14)17-6-5-12-22(17)13-11-15-7-9-16(23-3)10-8-15/h7-10,17H,5-6,11-13H2,1-4H3. The monoisotopic (exact) mass is 329 g/mol. The molecule has 1 saturated heterocycles. The molecule has 0 amide bonds. The Hall–Kier alpha value is -2.01. The molecule has 130 valence electrons. The number of hydrogen-bond acceptors (Lipinski definition) is 4. The lowest BCUT2D eigenvalue weighted by Gasteiger charge is -2.25. The minimum atomic E-state index is 0.409. The summed E-state index contributed by atoms with van der Waals surface area (Å²) in [6.45, 7) is 4.27. The maximum Gasteiger partial charge on any atom is 0.216 e. The molecule has 1 aromatic carbocycles. The van der Waals surface area contributed by atoms with Crippen LogP contribution < -0.4 is 9.47 Å². The summed E-state index contributed by atoms with van der Waals surface area (Å²) in [5.74, 6) is 1.81. The zero-order valence-electron chi connectivity index (χ0n) is 15.1. The number of rotatable bonds is 6. The van der Waals surface area contributed by atoms with Gasteiger partial charge in [0.2, 0.25) is 5.88 Å². The molecule has 0 radical (unpaired) electrons. The van der Waals surface area contributed by atoms with Gasteiger partial charge >= 0.3 is 0 Å². The Labute approximate surface area is 144 Å². The van der Waals surface area contributed by atoms with Gasteiger partial charge in [-0.05, 0) is 50.4 Å². The summed E-state index contributed by atoms with van der Waals surface area (Å²) in [5, 5.41) is 4.55. The first-order chi connectivity index (χ1) is 11.6. The third-order valence-corrected chi connectivity index (χ3v) is 4.95. The van der Waals surface area contributed by atoms with E-state index in [-0.39, 0.29) is 0 Å². The molecule has 0 N–H and O–H groups in total.